The fourth-order valence-corrected chi connectivity index (χ4v) is 2.08. The van der Waals surface area contributed by atoms with Crippen LogP contribution in [0.4, 0.5) is 4.39 Å². The van der Waals surface area contributed by atoms with Crippen LogP contribution in [0.5, 0.6) is 0 Å². The van der Waals surface area contributed by atoms with Gasteiger partial charge >= 0.3 is 0 Å². The van der Waals surface area contributed by atoms with Gasteiger partial charge in [-0.05, 0) is 37.1 Å². The average Bonchev–Trinajstić information content (AvgIpc) is 2.32. The summed E-state index contributed by atoms with van der Waals surface area (Å²) in [6, 6.07) is 5.23. The number of nitrogens with one attached hydrogen (secondary N) is 1. The van der Waals surface area contributed by atoms with Crippen molar-refractivity contribution < 1.29 is 4.39 Å². The molecule has 1 unspecified atom stereocenters. The SMILES string of the molecule is Fc1ccc(/C=C/C2CCCCN2)cc1Cl. The first-order valence-corrected chi connectivity index (χ1v) is 6.00. The molecule has 0 aromatic heterocycles. The zero-order chi connectivity index (χ0) is 11.4. The highest BCUT2D eigenvalue weighted by molar-refractivity contribution is 6.30. The van der Waals surface area contributed by atoms with Gasteiger partial charge in [0.05, 0.1) is 5.02 Å². The molecule has 1 atom stereocenters. The third kappa shape index (κ3) is 3.06. The van der Waals surface area contributed by atoms with Crippen LogP contribution >= 0.6 is 11.6 Å². The quantitative estimate of drug-likeness (QED) is 0.831. The maximum absolute atomic E-state index is 12.9. The van der Waals surface area contributed by atoms with E-state index in [4.69, 9.17) is 11.6 Å². The highest BCUT2D eigenvalue weighted by atomic mass is 35.5. The molecule has 0 aliphatic carbocycles. The van der Waals surface area contributed by atoms with E-state index in [1.807, 2.05) is 6.08 Å². The second-order valence-corrected chi connectivity index (χ2v) is 4.50. The van der Waals surface area contributed by atoms with Crippen molar-refractivity contribution >= 4 is 17.7 Å². The molecule has 1 aromatic rings. The van der Waals surface area contributed by atoms with Gasteiger partial charge in [0.2, 0.25) is 0 Å². The molecule has 0 amide bonds. The first-order chi connectivity index (χ1) is 7.75. The van der Waals surface area contributed by atoms with E-state index >= 15 is 0 Å². The van der Waals surface area contributed by atoms with Gasteiger partial charge in [-0.3, -0.25) is 0 Å². The molecule has 1 aliphatic heterocycles. The maximum Gasteiger partial charge on any atom is 0.141 e. The lowest BCUT2D eigenvalue weighted by Gasteiger charge is -2.19. The second kappa shape index (κ2) is 5.46. The van der Waals surface area contributed by atoms with E-state index in [0.717, 1.165) is 12.1 Å². The van der Waals surface area contributed by atoms with Crippen molar-refractivity contribution in [1.29, 1.82) is 0 Å². The van der Waals surface area contributed by atoms with Crippen molar-refractivity contribution in [2.75, 3.05) is 6.54 Å². The molecule has 0 radical (unpaired) electrons. The molecule has 0 saturated carbocycles. The topological polar surface area (TPSA) is 12.0 Å². The average molecular weight is 240 g/mol. The summed E-state index contributed by atoms with van der Waals surface area (Å²) in [5.41, 5.74) is 0.943. The highest BCUT2D eigenvalue weighted by Crippen LogP contribution is 2.17. The van der Waals surface area contributed by atoms with Crippen LogP contribution in [0.1, 0.15) is 24.8 Å². The Kier molecular flexibility index (Phi) is 3.97. The Hall–Kier alpha value is -0.860. The number of hydrogen-bond acceptors (Lipinski definition) is 1. The predicted octanol–water partition coefficient (Wildman–Crippen LogP) is 3.63. The zero-order valence-corrected chi connectivity index (χ0v) is 9.80. The van der Waals surface area contributed by atoms with Crippen LogP contribution in [0.3, 0.4) is 0 Å². The van der Waals surface area contributed by atoms with E-state index in [-0.39, 0.29) is 10.8 Å². The van der Waals surface area contributed by atoms with E-state index in [1.54, 1.807) is 12.1 Å². The molecular formula is C13H15ClFN. The summed E-state index contributed by atoms with van der Waals surface area (Å²) in [5.74, 6) is -0.366. The lowest BCUT2D eigenvalue weighted by Crippen LogP contribution is -2.31. The molecule has 1 aliphatic rings. The Bertz CT molecular complexity index is 384. The fourth-order valence-electron chi connectivity index (χ4n) is 1.89. The molecule has 3 heteroatoms. The number of halogens is 2. The van der Waals surface area contributed by atoms with E-state index in [0.29, 0.717) is 6.04 Å². The molecule has 1 heterocycles. The van der Waals surface area contributed by atoms with Gasteiger partial charge < -0.3 is 5.32 Å². The van der Waals surface area contributed by atoms with Crippen LogP contribution in [-0.4, -0.2) is 12.6 Å². The molecule has 0 spiro atoms. The lowest BCUT2D eigenvalue weighted by molar-refractivity contribution is 0.455. The molecule has 1 saturated heterocycles. The Morgan fingerprint density at radius 3 is 2.94 bits per heavy atom. The van der Waals surface area contributed by atoms with Crippen LogP contribution < -0.4 is 5.32 Å². The minimum Gasteiger partial charge on any atom is -0.311 e. The molecule has 1 aromatic carbocycles. The Morgan fingerprint density at radius 2 is 2.25 bits per heavy atom. The van der Waals surface area contributed by atoms with Crippen molar-refractivity contribution in [3.05, 3.63) is 40.7 Å². The van der Waals surface area contributed by atoms with Gasteiger partial charge in [-0.25, -0.2) is 4.39 Å². The van der Waals surface area contributed by atoms with E-state index in [2.05, 4.69) is 11.4 Å². The van der Waals surface area contributed by atoms with Crippen LogP contribution in [0.25, 0.3) is 6.08 Å². The van der Waals surface area contributed by atoms with Crippen molar-refractivity contribution in [2.45, 2.75) is 25.3 Å². The predicted molar refractivity (Wildman–Crippen MR) is 66.1 cm³/mol. The fraction of sp³-hybridized carbons (Fsp3) is 0.385. The number of rotatable bonds is 2. The van der Waals surface area contributed by atoms with E-state index < -0.39 is 0 Å². The number of piperidine rings is 1. The molecule has 1 N–H and O–H groups in total. The van der Waals surface area contributed by atoms with Crippen molar-refractivity contribution in [1.82, 2.24) is 5.32 Å². The van der Waals surface area contributed by atoms with Crippen molar-refractivity contribution in [3.8, 4) is 0 Å². The minimum atomic E-state index is -0.366. The summed E-state index contributed by atoms with van der Waals surface area (Å²) in [6.45, 7) is 1.08. The van der Waals surface area contributed by atoms with Gasteiger partial charge in [0.15, 0.2) is 0 Å². The normalized spacial score (nSPS) is 21.5. The monoisotopic (exact) mass is 239 g/mol. The number of hydrogen-bond donors (Lipinski definition) is 1. The van der Waals surface area contributed by atoms with Crippen molar-refractivity contribution in [2.24, 2.45) is 0 Å². The van der Waals surface area contributed by atoms with Crippen LogP contribution in [0, 0.1) is 5.82 Å². The first kappa shape index (κ1) is 11.6. The lowest BCUT2D eigenvalue weighted by atomic mass is 10.0. The van der Waals surface area contributed by atoms with Crippen molar-refractivity contribution in [3.63, 3.8) is 0 Å². The van der Waals surface area contributed by atoms with Gasteiger partial charge in [0.1, 0.15) is 5.82 Å². The molecule has 2 rings (SSSR count). The third-order valence-electron chi connectivity index (χ3n) is 2.81. The Balaban J connectivity index is 2.02. The molecular weight excluding hydrogens is 225 g/mol. The minimum absolute atomic E-state index is 0.179. The summed E-state index contributed by atoms with van der Waals surface area (Å²) >= 11 is 5.71. The van der Waals surface area contributed by atoms with Gasteiger partial charge in [0, 0.05) is 6.04 Å². The summed E-state index contributed by atoms with van der Waals surface area (Å²) < 4.78 is 12.9. The van der Waals surface area contributed by atoms with Gasteiger partial charge in [-0.15, -0.1) is 0 Å². The molecule has 0 bridgehead atoms. The highest BCUT2D eigenvalue weighted by Gasteiger charge is 2.08. The number of benzene rings is 1. The molecule has 16 heavy (non-hydrogen) atoms. The van der Waals surface area contributed by atoms with Gasteiger partial charge in [-0.1, -0.05) is 36.2 Å². The standard InChI is InChI=1S/C13H15ClFN/c14-12-9-10(5-7-13(12)15)4-6-11-3-1-2-8-16-11/h4-7,9,11,16H,1-3,8H2/b6-4+. The van der Waals surface area contributed by atoms with Crippen LogP contribution in [0.2, 0.25) is 5.02 Å². The second-order valence-electron chi connectivity index (χ2n) is 4.09. The van der Waals surface area contributed by atoms with Gasteiger partial charge in [0.25, 0.3) is 0 Å². The summed E-state index contributed by atoms with van der Waals surface area (Å²) in [4.78, 5) is 0. The summed E-state index contributed by atoms with van der Waals surface area (Å²) in [7, 11) is 0. The third-order valence-corrected chi connectivity index (χ3v) is 3.10. The summed E-state index contributed by atoms with van der Waals surface area (Å²) in [5, 5.41) is 3.60. The smallest absolute Gasteiger partial charge is 0.141 e. The maximum atomic E-state index is 12.9. The van der Waals surface area contributed by atoms with E-state index in [1.165, 1.54) is 25.3 Å². The Morgan fingerprint density at radius 1 is 1.38 bits per heavy atom. The van der Waals surface area contributed by atoms with Gasteiger partial charge in [-0.2, -0.15) is 0 Å². The first-order valence-electron chi connectivity index (χ1n) is 5.62. The molecule has 1 fully saturated rings. The zero-order valence-electron chi connectivity index (χ0n) is 9.05. The Labute approximate surface area is 100 Å². The summed E-state index contributed by atoms with van der Waals surface area (Å²) in [6.07, 6.45) is 7.82. The van der Waals surface area contributed by atoms with Crippen LogP contribution in [-0.2, 0) is 0 Å². The molecule has 86 valence electrons. The van der Waals surface area contributed by atoms with Crippen LogP contribution in [0.15, 0.2) is 24.3 Å². The molecule has 1 nitrogen and oxygen atoms in total. The largest absolute Gasteiger partial charge is 0.311 e. The van der Waals surface area contributed by atoms with E-state index in [9.17, 15) is 4.39 Å².